The summed E-state index contributed by atoms with van der Waals surface area (Å²) in [5.74, 6) is 1.71. The highest BCUT2D eigenvalue weighted by Crippen LogP contribution is 2.35. The van der Waals surface area contributed by atoms with Crippen molar-refractivity contribution in [2.45, 2.75) is 17.9 Å². The van der Waals surface area contributed by atoms with Crippen LogP contribution in [0, 0.1) is 6.92 Å². The lowest BCUT2D eigenvalue weighted by Gasteiger charge is -2.22. The fraction of sp³-hybridized carbons (Fsp3) is 0.130. The number of fused-ring (bicyclic) bond motifs is 1. The summed E-state index contributed by atoms with van der Waals surface area (Å²) in [4.78, 5) is 0.122. The minimum atomic E-state index is -3.87. The van der Waals surface area contributed by atoms with Gasteiger partial charge in [-0.25, -0.2) is 0 Å². The Morgan fingerprint density at radius 2 is 1.59 bits per heavy atom. The molecule has 0 aromatic heterocycles. The van der Waals surface area contributed by atoms with Gasteiger partial charge < -0.3 is 13.7 Å². The number of hydrogen-bond donors (Lipinski definition) is 0. The van der Waals surface area contributed by atoms with Gasteiger partial charge in [0.1, 0.15) is 28.2 Å². The van der Waals surface area contributed by atoms with Gasteiger partial charge in [0.25, 0.3) is 0 Å². The molecule has 0 N–H and O–H groups in total. The Morgan fingerprint density at radius 1 is 0.897 bits per heavy atom. The summed E-state index contributed by atoms with van der Waals surface area (Å²) >= 11 is 0. The van der Waals surface area contributed by atoms with Crippen LogP contribution in [0.1, 0.15) is 22.8 Å². The molecule has 3 aromatic rings. The zero-order chi connectivity index (χ0) is 20.4. The van der Waals surface area contributed by atoms with E-state index in [0.29, 0.717) is 0 Å². The van der Waals surface area contributed by atoms with Crippen molar-refractivity contribution < 1.29 is 22.1 Å². The van der Waals surface area contributed by atoms with E-state index in [4.69, 9.17) is 13.7 Å². The van der Waals surface area contributed by atoms with Crippen molar-refractivity contribution in [3.63, 3.8) is 0 Å². The molecular weight excluding hydrogens is 388 g/mol. The second-order valence-electron chi connectivity index (χ2n) is 6.72. The summed E-state index contributed by atoms with van der Waals surface area (Å²) in [7, 11) is -2.26. The fourth-order valence-corrected chi connectivity index (χ4v) is 3.95. The third kappa shape index (κ3) is 4.12. The lowest BCUT2D eigenvalue weighted by atomic mass is 10.0. The standard InChI is InChI=1S/C23H20O5S/c1-16-3-12-21(13-4-16)29(24,25)28-19-9-5-17(6-10-19)22-14-8-18-7-11-20(26-2)15-23(18)27-22/h3-15,22H,1-2H3. The highest BCUT2D eigenvalue weighted by atomic mass is 32.2. The van der Waals surface area contributed by atoms with Gasteiger partial charge >= 0.3 is 10.1 Å². The predicted molar refractivity (Wildman–Crippen MR) is 111 cm³/mol. The number of benzene rings is 3. The van der Waals surface area contributed by atoms with Gasteiger partial charge in [0.2, 0.25) is 0 Å². The molecule has 0 saturated heterocycles. The topological polar surface area (TPSA) is 61.8 Å². The van der Waals surface area contributed by atoms with Crippen molar-refractivity contribution in [2.24, 2.45) is 0 Å². The van der Waals surface area contributed by atoms with Crippen molar-refractivity contribution >= 4 is 16.2 Å². The molecule has 148 valence electrons. The second kappa shape index (κ2) is 7.64. The molecule has 3 aromatic carbocycles. The Bertz CT molecular complexity index is 1150. The van der Waals surface area contributed by atoms with Crippen LogP contribution in [0.2, 0.25) is 0 Å². The molecule has 0 saturated carbocycles. The maximum absolute atomic E-state index is 12.4. The largest absolute Gasteiger partial charge is 0.497 e. The van der Waals surface area contributed by atoms with Crippen molar-refractivity contribution in [2.75, 3.05) is 7.11 Å². The highest BCUT2D eigenvalue weighted by molar-refractivity contribution is 7.87. The Kier molecular flexibility index (Phi) is 5.03. The molecule has 1 aliphatic heterocycles. The summed E-state index contributed by atoms with van der Waals surface area (Å²) in [6.07, 6.45) is 3.67. The number of aryl methyl sites for hydroxylation is 1. The molecule has 5 nitrogen and oxygen atoms in total. The van der Waals surface area contributed by atoms with Crippen LogP contribution in [0.3, 0.4) is 0 Å². The van der Waals surface area contributed by atoms with Crippen LogP contribution < -0.4 is 13.7 Å². The van der Waals surface area contributed by atoms with Crippen LogP contribution >= 0.6 is 0 Å². The minimum Gasteiger partial charge on any atom is -0.497 e. The molecule has 1 atom stereocenters. The third-order valence-electron chi connectivity index (χ3n) is 4.65. The first-order chi connectivity index (χ1) is 13.9. The molecule has 0 aliphatic carbocycles. The van der Waals surface area contributed by atoms with E-state index in [1.54, 1.807) is 43.5 Å². The first-order valence-electron chi connectivity index (χ1n) is 9.09. The summed E-state index contributed by atoms with van der Waals surface area (Å²) in [5, 5.41) is 0. The molecule has 1 aliphatic rings. The van der Waals surface area contributed by atoms with Crippen LogP contribution in [0.15, 0.2) is 77.7 Å². The van der Waals surface area contributed by atoms with Gasteiger partial charge in [0, 0.05) is 11.6 Å². The van der Waals surface area contributed by atoms with Gasteiger partial charge in [-0.1, -0.05) is 35.9 Å². The molecule has 1 unspecified atom stereocenters. The zero-order valence-corrected chi connectivity index (χ0v) is 16.8. The fourth-order valence-electron chi connectivity index (χ4n) is 3.02. The van der Waals surface area contributed by atoms with E-state index in [9.17, 15) is 8.42 Å². The van der Waals surface area contributed by atoms with Crippen LogP contribution in [-0.4, -0.2) is 15.5 Å². The molecule has 0 radical (unpaired) electrons. The SMILES string of the molecule is COc1ccc2c(c1)OC(c1ccc(OS(=O)(=O)c3ccc(C)cc3)cc1)C=C2. The van der Waals surface area contributed by atoms with Crippen molar-refractivity contribution in [3.8, 4) is 17.2 Å². The average Bonchev–Trinajstić information content (AvgIpc) is 2.73. The number of methoxy groups -OCH3 is 1. The normalized spacial score (nSPS) is 15.3. The number of rotatable bonds is 5. The van der Waals surface area contributed by atoms with E-state index < -0.39 is 10.1 Å². The first kappa shape index (κ1) is 19.1. The lowest BCUT2D eigenvalue weighted by molar-refractivity contribution is 0.250. The highest BCUT2D eigenvalue weighted by Gasteiger charge is 2.19. The summed E-state index contributed by atoms with van der Waals surface area (Å²) in [6, 6.07) is 19.0. The summed E-state index contributed by atoms with van der Waals surface area (Å²) < 4.78 is 41.4. The van der Waals surface area contributed by atoms with E-state index in [2.05, 4.69) is 0 Å². The van der Waals surface area contributed by atoms with Gasteiger partial charge in [-0.3, -0.25) is 0 Å². The third-order valence-corrected chi connectivity index (χ3v) is 5.91. The van der Waals surface area contributed by atoms with E-state index in [1.807, 2.05) is 37.3 Å². The quantitative estimate of drug-likeness (QED) is 0.561. The molecule has 6 heteroatoms. The summed E-state index contributed by atoms with van der Waals surface area (Å²) in [6.45, 7) is 1.90. The molecule has 0 bridgehead atoms. The average molecular weight is 408 g/mol. The van der Waals surface area contributed by atoms with Crippen molar-refractivity contribution in [1.29, 1.82) is 0 Å². The summed E-state index contributed by atoms with van der Waals surface area (Å²) in [5.41, 5.74) is 2.84. The molecule has 0 fully saturated rings. The van der Waals surface area contributed by atoms with Crippen molar-refractivity contribution in [3.05, 3.63) is 89.5 Å². The molecule has 4 rings (SSSR count). The Morgan fingerprint density at radius 3 is 2.28 bits per heavy atom. The van der Waals surface area contributed by atoms with E-state index in [-0.39, 0.29) is 16.7 Å². The minimum absolute atomic E-state index is 0.122. The molecule has 0 spiro atoms. The Hall–Kier alpha value is -3.25. The van der Waals surface area contributed by atoms with Gasteiger partial charge in [-0.05, 0) is 55.0 Å². The Labute approximate surface area is 170 Å². The van der Waals surface area contributed by atoms with E-state index in [1.165, 1.54) is 12.1 Å². The van der Waals surface area contributed by atoms with Crippen molar-refractivity contribution in [1.82, 2.24) is 0 Å². The van der Waals surface area contributed by atoms with Gasteiger partial charge in [0.05, 0.1) is 7.11 Å². The number of hydrogen-bond acceptors (Lipinski definition) is 5. The van der Waals surface area contributed by atoms with Crippen LogP contribution in [-0.2, 0) is 10.1 Å². The second-order valence-corrected chi connectivity index (χ2v) is 8.27. The first-order valence-corrected chi connectivity index (χ1v) is 10.5. The van der Waals surface area contributed by atoms with Crippen LogP contribution in [0.5, 0.6) is 17.2 Å². The monoisotopic (exact) mass is 408 g/mol. The Balaban J connectivity index is 1.50. The molecule has 1 heterocycles. The van der Waals surface area contributed by atoms with Crippen LogP contribution in [0.25, 0.3) is 6.08 Å². The predicted octanol–water partition coefficient (Wildman–Crippen LogP) is 4.92. The lowest BCUT2D eigenvalue weighted by Crippen LogP contribution is -2.11. The van der Waals surface area contributed by atoms with Gasteiger partial charge in [-0.15, -0.1) is 0 Å². The van der Waals surface area contributed by atoms with Gasteiger partial charge in [0.15, 0.2) is 0 Å². The molecule has 0 amide bonds. The van der Waals surface area contributed by atoms with Crippen LogP contribution in [0.4, 0.5) is 0 Å². The van der Waals surface area contributed by atoms with E-state index >= 15 is 0 Å². The van der Waals surface area contributed by atoms with Gasteiger partial charge in [-0.2, -0.15) is 8.42 Å². The zero-order valence-electron chi connectivity index (χ0n) is 16.0. The maximum Gasteiger partial charge on any atom is 0.339 e. The van der Waals surface area contributed by atoms with E-state index in [0.717, 1.165) is 28.2 Å². The maximum atomic E-state index is 12.4. The molecular formula is C23H20O5S. The number of ether oxygens (including phenoxy) is 2. The smallest absolute Gasteiger partial charge is 0.339 e. The molecule has 29 heavy (non-hydrogen) atoms.